The topological polar surface area (TPSA) is 69.6 Å². The number of tetrazole rings is 1. The van der Waals surface area contributed by atoms with Gasteiger partial charge in [-0.25, -0.2) is 13.5 Å². The largest absolute Gasteiger partial charge is 0.398 e. The Kier molecular flexibility index (Phi) is 2.07. The first-order valence-corrected chi connectivity index (χ1v) is 5.19. The monoisotopic (exact) mass is 237 g/mol. The summed E-state index contributed by atoms with van der Waals surface area (Å²) in [6, 6.07) is 2.21. The number of rotatable bonds is 2. The zero-order valence-corrected chi connectivity index (χ0v) is 8.77. The fourth-order valence-corrected chi connectivity index (χ4v) is 1.69. The van der Waals surface area contributed by atoms with Crippen LogP contribution in [0.5, 0.6) is 0 Å². The normalized spacial score (nSPS) is 15.2. The van der Waals surface area contributed by atoms with Crippen molar-refractivity contribution in [3.63, 3.8) is 0 Å². The van der Waals surface area contributed by atoms with Gasteiger partial charge < -0.3 is 5.73 Å². The van der Waals surface area contributed by atoms with Gasteiger partial charge in [-0.3, -0.25) is 0 Å². The van der Waals surface area contributed by atoms with Crippen molar-refractivity contribution in [1.82, 2.24) is 20.2 Å². The molecule has 0 bridgehead atoms. The van der Waals surface area contributed by atoms with Gasteiger partial charge in [-0.2, -0.15) is 0 Å². The molecule has 0 atom stereocenters. The van der Waals surface area contributed by atoms with Crippen LogP contribution < -0.4 is 5.73 Å². The Morgan fingerprint density at radius 2 is 1.94 bits per heavy atom. The van der Waals surface area contributed by atoms with Crippen molar-refractivity contribution in [2.24, 2.45) is 0 Å². The lowest BCUT2D eigenvalue weighted by Gasteiger charge is -2.06. The number of nitrogen functional groups attached to an aromatic ring is 1. The molecule has 3 rings (SSSR count). The van der Waals surface area contributed by atoms with Crippen LogP contribution in [0.25, 0.3) is 11.4 Å². The maximum Gasteiger partial charge on any atom is 0.184 e. The van der Waals surface area contributed by atoms with Crippen molar-refractivity contribution < 1.29 is 8.78 Å². The van der Waals surface area contributed by atoms with Crippen LogP contribution in [0.3, 0.4) is 0 Å². The maximum absolute atomic E-state index is 13.2. The van der Waals surface area contributed by atoms with Gasteiger partial charge in [0, 0.05) is 17.3 Å². The van der Waals surface area contributed by atoms with Crippen LogP contribution in [0.15, 0.2) is 12.1 Å². The Labute approximate surface area is 95.2 Å². The van der Waals surface area contributed by atoms with Crippen LogP contribution in [0.1, 0.15) is 18.9 Å². The van der Waals surface area contributed by atoms with E-state index in [9.17, 15) is 8.78 Å². The number of anilines is 1. The molecule has 2 N–H and O–H groups in total. The minimum absolute atomic E-state index is 0.126. The van der Waals surface area contributed by atoms with E-state index in [4.69, 9.17) is 5.73 Å². The van der Waals surface area contributed by atoms with Crippen molar-refractivity contribution in [3.05, 3.63) is 23.8 Å². The van der Waals surface area contributed by atoms with E-state index < -0.39 is 11.6 Å². The molecule has 0 saturated heterocycles. The van der Waals surface area contributed by atoms with Crippen LogP contribution in [0.4, 0.5) is 14.5 Å². The Morgan fingerprint density at radius 1 is 1.24 bits per heavy atom. The molecule has 5 nitrogen and oxygen atoms in total. The van der Waals surface area contributed by atoms with Gasteiger partial charge in [-0.05, 0) is 29.3 Å². The first-order chi connectivity index (χ1) is 8.16. The van der Waals surface area contributed by atoms with Gasteiger partial charge in [-0.1, -0.05) is 0 Å². The number of hydrogen-bond acceptors (Lipinski definition) is 4. The molecule has 1 fully saturated rings. The Balaban J connectivity index is 2.14. The van der Waals surface area contributed by atoms with Crippen molar-refractivity contribution in [2.75, 3.05) is 5.73 Å². The maximum atomic E-state index is 13.2. The van der Waals surface area contributed by atoms with E-state index in [1.54, 1.807) is 4.68 Å². The summed E-state index contributed by atoms with van der Waals surface area (Å²) in [5.74, 6) is -1.56. The molecule has 17 heavy (non-hydrogen) atoms. The molecule has 7 heteroatoms. The third kappa shape index (κ3) is 1.63. The summed E-state index contributed by atoms with van der Waals surface area (Å²) >= 11 is 0. The van der Waals surface area contributed by atoms with Crippen LogP contribution in [-0.2, 0) is 0 Å². The molecule has 1 aromatic carbocycles. The molecule has 1 aliphatic carbocycles. The predicted molar refractivity (Wildman–Crippen MR) is 55.9 cm³/mol. The SMILES string of the molecule is Nc1cc(F)c(F)cc1-c1nnnn1C1CC1. The van der Waals surface area contributed by atoms with E-state index in [1.807, 2.05) is 0 Å². The van der Waals surface area contributed by atoms with Crippen molar-refractivity contribution >= 4 is 5.69 Å². The Hall–Kier alpha value is -2.05. The van der Waals surface area contributed by atoms with Crippen LogP contribution >= 0.6 is 0 Å². The summed E-state index contributed by atoms with van der Waals surface area (Å²) in [6.45, 7) is 0. The molecule has 1 heterocycles. The van der Waals surface area contributed by atoms with Gasteiger partial charge in [0.15, 0.2) is 17.5 Å². The van der Waals surface area contributed by atoms with Gasteiger partial charge in [0.05, 0.1) is 6.04 Å². The molecule has 0 radical (unpaired) electrons. The van der Waals surface area contributed by atoms with Gasteiger partial charge in [-0.15, -0.1) is 5.10 Å². The standard InChI is InChI=1S/C10H9F2N5/c11-7-3-6(9(13)4-8(7)12)10-14-15-16-17(10)5-1-2-5/h3-5H,1-2,13H2. The lowest BCUT2D eigenvalue weighted by molar-refractivity contribution is 0.509. The minimum Gasteiger partial charge on any atom is -0.398 e. The average molecular weight is 237 g/mol. The molecule has 1 aliphatic rings. The summed E-state index contributed by atoms with van der Waals surface area (Å²) in [5.41, 5.74) is 6.10. The second-order valence-corrected chi connectivity index (χ2v) is 4.03. The van der Waals surface area contributed by atoms with E-state index in [-0.39, 0.29) is 11.7 Å². The van der Waals surface area contributed by atoms with Gasteiger partial charge >= 0.3 is 0 Å². The summed E-state index contributed by atoms with van der Waals surface area (Å²) in [6.07, 6.45) is 1.98. The van der Waals surface area contributed by atoms with Gasteiger partial charge in [0.2, 0.25) is 0 Å². The number of hydrogen-bond donors (Lipinski definition) is 1. The lowest BCUT2D eigenvalue weighted by atomic mass is 10.1. The first kappa shape index (κ1) is 10.1. The molecule has 1 aromatic heterocycles. The molecular weight excluding hydrogens is 228 g/mol. The molecule has 1 saturated carbocycles. The number of aromatic nitrogens is 4. The minimum atomic E-state index is -0.975. The van der Waals surface area contributed by atoms with Crippen molar-refractivity contribution in [1.29, 1.82) is 0 Å². The molecule has 0 aliphatic heterocycles. The number of nitrogens with two attached hydrogens (primary N) is 1. The van der Waals surface area contributed by atoms with E-state index in [1.165, 1.54) is 0 Å². The molecule has 0 unspecified atom stereocenters. The Bertz CT molecular complexity index is 576. The van der Waals surface area contributed by atoms with Crippen LogP contribution in [0, 0.1) is 11.6 Å². The number of halogens is 2. The molecule has 0 spiro atoms. The third-order valence-corrected chi connectivity index (χ3v) is 2.72. The van der Waals surface area contributed by atoms with E-state index in [0.717, 1.165) is 25.0 Å². The van der Waals surface area contributed by atoms with Gasteiger partial charge in [0.1, 0.15) is 0 Å². The second kappa shape index (κ2) is 3.47. The van der Waals surface area contributed by atoms with Gasteiger partial charge in [0.25, 0.3) is 0 Å². The lowest BCUT2D eigenvalue weighted by Crippen LogP contribution is -2.03. The van der Waals surface area contributed by atoms with Crippen molar-refractivity contribution in [3.8, 4) is 11.4 Å². The fourth-order valence-electron chi connectivity index (χ4n) is 1.69. The zero-order valence-electron chi connectivity index (χ0n) is 8.77. The third-order valence-electron chi connectivity index (χ3n) is 2.72. The first-order valence-electron chi connectivity index (χ1n) is 5.19. The molecule has 0 amide bonds. The smallest absolute Gasteiger partial charge is 0.184 e. The second-order valence-electron chi connectivity index (χ2n) is 4.03. The highest BCUT2D eigenvalue weighted by Gasteiger charge is 2.29. The fraction of sp³-hybridized carbons (Fsp3) is 0.300. The summed E-state index contributed by atoms with van der Waals surface area (Å²) < 4.78 is 27.8. The number of benzene rings is 1. The summed E-state index contributed by atoms with van der Waals surface area (Å²) in [7, 11) is 0. The highest BCUT2D eigenvalue weighted by Crippen LogP contribution is 2.37. The zero-order chi connectivity index (χ0) is 12.0. The summed E-state index contributed by atoms with van der Waals surface area (Å²) in [4.78, 5) is 0. The van der Waals surface area contributed by atoms with E-state index >= 15 is 0 Å². The van der Waals surface area contributed by atoms with E-state index in [0.29, 0.717) is 11.4 Å². The van der Waals surface area contributed by atoms with Crippen LogP contribution in [-0.4, -0.2) is 20.2 Å². The van der Waals surface area contributed by atoms with Crippen LogP contribution in [0.2, 0.25) is 0 Å². The average Bonchev–Trinajstić information content (AvgIpc) is 3.02. The quantitative estimate of drug-likeness (QED) is 0.804. The van der Waals surface area contributed by atoms with Crippen molar-refractivity contribution in [2.45, 2.75) is 18.9 Å². The number of nitrogens with zero attached hydrogens (tertiary/aromatic N) is 4. The Morgan fingerprint density at radius 3 is 2.65 bits per heavy atom. The van der Waals surface area contributed by atoms with E-state index in [2.05, 4.69) is 15.5 Å². The molecule has 88 valence electrons. The molecular formula is C10H9F2N5. The highest BCUT2D eigenvalue weighted by atomic mass is 19.2. The predicted octanol–water partition coefficient (Wildman–Crippen LogP) is 1.54. The molecule has 2 aromatic rings. The highest BCUT2D eigenvalue weighted by molar-refractivity contribution is 5.71. The summed E-state index contributed by atoms with van der Waals surface area (Å²) in [5, 5.41) is 11.2.